The normalized spacial score (nSPS) is 12.3. The molecule has 2 aromatic carbocycles. The molecule has 0 spiro atoms. The number of ether oxygens (including phenoxy) is 1. The van der Waals surface area contributed by atoms with E-state index in [1.807, 2.05) is 0 Å². The van der Waals surface area contributed by atoms with Crippen LogP contribution in [0.2, 0.25) is 0 Å². The fourth-order valence-electron chi connectivity index (χ4n) is 3.16. The highest BCUT2D eigenvalue weighted by atomic mass is 32.2. The zero-order chi connectivity index (χ0) is 27.7. The summed E-state index contributed by atoms with van der Waals surface area (Å²) in [6.45, 7) is 0. The van der Waals surface area contributed by atoms with Gasteiger partial charge in [0, 0.05) is 36.1 Å². The second kappa shape index (κ2) is 9.85. The van der Waals surface area contributed by atoms with E-state index in [1.165, 1.54) is 47.3 Å². The zero-order valence-electron chi connectivity index (χ0n) is 19.0. The van der Waals surface area contributed by atoms with Crippen LogP contribution in [-0.2, 0) is 16.0 Å². The lowest BCUT2D eigenvalue weighted by Gasteiger charge is -2.14. The van der Waals surface area contributed by atoms with Gasteiger partial charge >= 0.3 is 12.5 Å². The highest BCUT2D eigenvalue weighted by molar-refractivity contribution is 7.90. The molecule has 2 N–H and O–H groups in total. The van der Waals surface area contributed by atoms with Crippen molar-refractivity contribution in [3.8, 4) is 11.4 Å². The van der Waals surface area contributed by atoms with E-state index in [9.17, 15) is 34.8 Å². The van der Waals surface area contributed by atoms with Crippen molar-refractivity contribution in [2.75, 3.05) is 16.9 Å². The third kappa shape index (κ3) is 6.70. The molecule has 0 fully saturated rings. The Labute approximate surface area is 211 Å². The van der Waals surface area contributed by atoms with Crippen LogP contribution in [0.3, 0.4) is 0 Å². The highest BCUT2D eigenvalue weighted by Crippen LogP contribution is 2.31. The summed E-state index contributed by atoms with van der Waals surface area (Å²) in [4.78, 5) is 11.9. The summed E-state index contributed by atoms with van der Waals surface area (Å²) >= 11 is 0. The lowest BCUT2D eigenvalue weighted by atomic mass is 10.2. The number of alkyl halides is 6. The van der Waals surface area contributed by atoms with Crippen molar-refractivity contribution in [1.29, 1.82) is 0 Å². The SMILES string of the molecule is CS(=O)(=O)c1nc(Nc2ccc(OC(F)(F)F)cc2)cc(Nc2nccn2-c2cccc(C(F)(F)F)c2)n1. The van der Waals surface area contributed by atoms with E-state index in [0.29, 0.717) is 0 Å². The molecule has 0 amide bonds. The molecule has 0 aliphatic rings. The predicted octanol–water partition coefficient (Wildman–Crippen LogP) is 5.47. The number of nitrogens with zero attached hydrogens (tertiary/aromatic N) is 4. The van der Waals surface area contributed by atoms with Gasteiger partial charge in [-0.25, -0.2) is 23.4 Å². The molecule has 2 heterocycles. The molecule has 4 aromatic rings. The van der Waals surface area contributed by atoms with Gasteiger partial charge in [0.2, 0.25) is 15.8 Å². The first-order chi connectivity index (χ1) is 17.7. The van der Waals surface area contributed by atoms with Crippen LogP contribution < -0.4 is 15.4 Å². The molecule has 16 heteroatoms. The Morgan fingerprint density at radius 1 is 0.895 bits per heavy atom. The fourth-order valence-corrected chi connectivity index (χ4v) is 3.69. The first-order valence-electron chi connectivity index (χ1n) is 10.4. The van der Waals surface area contributed by atoms with Crippen LogP contribution in [0.4, 0.5) is 49.6 Å². The minimum atomic E-state index is -4.87. The number of nitrogens with one attached hydrogen (secondary N) is 2. The van der Waals surface area contributed by atoms with Gasteiger partial charge in [0.15, 0.2) is 0 Å². The van der Waals surface area contributed by atoms with Crippen LogP contribution in [0, 0.1) is 0 Å². The Balaban J connectivity index is 1.64. The first kappa shape index (κ1) is 26.7. The van der Waals surface area contributed by atoms with E-state index in [2.05, 4.69) is 30.3 Å². The number of anilines is 4. The summed E-state index contributed by atoms with van der Waals surface area (Å²) in [6, 6.07) is 10.3. The predicted molar refractivity (Wildman–Crippen MR) is 123 cm³/mol. The number of benzene rings is 2. The molecule has 38 heavy (non-hydrogen) atoms. The second-order valence-electron chi connectivity index (χ2n) is 7.68. The molecule has 0 saturated heterocycles. The Morgan fingerprint density at radius 2 is 1.55 bits per heavy atom. The molecule has 4 rings (SSSR count). The Bertz CT molecular complexity index is 1550. The maximum atomic E-state index is 13.2. The second-order valence-corrected chi connectivity index (χ2v) is 9.59. The Kier molecular flexibility index (Phi) is 6.92. The van der Waals surface area contributed by atoms with E-state index >= 15 is 0 Å². The van der Waals surface area contributed by atoms with Crippen LogP contribution in [0.5, 0.6) is 5.75 Å². The lowest BCUT2D eigenvalue weighted by Crippen LogP contribution is -2.17. The number of aromatic nitrogens is 4. The molecule has 0 atom stereocenters. The van der Waals surface area contributed by atoms with Crippen molar-refractivity contribution < 1.29 is 39.5 Å². The molecule has 9 nitrogen and oxygen atoms in total. The summed E-state index contributed by atoms with van der Waals surface area (Å²) in [6.07, 6.45) is -5.88. The van der Waals surface area contributed by atoms with Crippen molar-refractivity contribution in [1.82, 2.24) is 19.5 Å². The van der Waals surface area contributed by atoms with Gasteiger partial charge < -0.3 is 15.4 Å². The standard InChI is InChI=1S/C22H16F6N6O3S/c1-38(35,36)20-32-17(30-14-5-7-16(8-6-14)37-22(26,27)28)12-18(33-20)31-19-29-9-10-34(19)15-4-2-3-13(11-15)21(23,24)25/h2-12H,1H3,(H2,29,30,31,32,33). The monoisotopic (exact) mass is 558 g/mol. The summed E-state index contributed by atoms with van der Waals surface area (Å²) in [5.74, 6) is -0.586. The van der Waals surface area contributed by atoms with E-state index in [0.717, 1.165) is 30.5 Å². The molecular formula is C22H16F6N6O3S. The number of halogens is 6. The summed E-state index contributed by atoms with van der Waals surface area (Å²) in [5.41, 5.74) is -0.514. The van der Waals surface area contributed by atoms with Crippen LogP contribution in [0.15, 0.2) is 72.1 Å². The molecule has 0 aliphatic heterocycles. The quantitative estimate of drug-likeness (QED) is 0.227. The summed E-state index contributed by atoms with van der Waals surface area (Å²) in [7, 11) is -3.93. The molecular weight excluding hydrogens is 542 g/mol. The lowest BCUT2D eigenvalue weighted by molar-refractivity contribution is -0.274. The Hall–Kier alpha value is -4.34. The van der Waals surface area contributed by atoms with E-state index in [1.54, 1.807) is 0 Å². The van der Waals surface area contributed by atoms with Gasteiger partial charge in [-0.1, -0.05) is 6.07 Å². The smallest absolute Gasteiger partial charge is 0.406 e. The van der Waals surface area contributed by atoms with Gasteiger partial charge in [0.05, 0.1) is 5.56 Å². The number of sulfone groups is 1. The minimum absolute atomic E-state index is 0.0158. The van der Waals surface area contributed by atoms with Gasteiger partial charge in [0.1, 0.15) is 17.4 Å². The van der Waals surface area contributed by atoms with Crippen LogP contribution in [-0.4, -0.2) is 40.6 Å². The van der Waals surface area contributed by atoms with E-state index in [-0.39, 0.29) is 29.0 Å². The third-order valence-electron chi connectivity index (χ3n) is 4.73. The maximum Gasteiger partial charge on any atom is 0.573 e. The van der Waals surface area contributed by atoms with Crippen LogP contribution in [0.1, 0.15) is 5.56 Å². The van der Waals surface area contributed by atoms with Crippen molar-refractivity contribution in [2.24, 2.45) is 0 Å². The fraction of sp³-hybridized carbons (Fsp3) is 0.136. The molecule has 0 radical (unpaired) electrons. The number of imidazole rings is 1. The minimum Gasteiger partial charge on any atom is -0.406 e. The van der Waals surface area contributed by atoms with E-state index < -0.39 is 38.8 Å². The summed E-state index contributed by atoms with van der Waals surface area (Å²) in [5, 5.41) is 4.91. The topological polar surface area (TPSA) is 111 Å². The molecule has 0 aliphatic carbocycles. The van der Waals surface area contributed by atoms with Gasteiger partial charge in [-0.2, -0.15) is 13.2 Å². The average Bonchev–Trinajstić information content (AvgIpc) is 3.26. The molecule has 0 unspecified atom stereocenters. The van der Waals surface area contributed by atoms with Crippen molar-refractivity contribution in [2.45, 2.75) is 17.7 Å². The van der Waals surface area contributed by atoms with Gasteiger partial charge in [-0.3, -0.25) is 4.57 Å². The molecule has 0 bridgehead atoms. The van der Waals surface area contributed by atoms with Crippen LogP contribution >= 0.6 is 0 Å². The highest BCUT2D eigenvalue weighted by Gasteiger charge is 2.31. The van der Waals surface area contributed by atoms with Gasteiger partial charge in [0.25, 0.3) is 5.16 Å². The van der Waals surface area contributed by atoms with Crippen LogP contribution in [0.25, 0.3) is 5.69 Å². The van der Waals surface area contributed by atoms with Crippen molar-refractivity contribution in [3.63, 3.8) is 0 Å². The average molecular weight is 558 g/mol. The number of rotatable bonds is 7. The van der Waals surface area contributed by atoms with E-state index in [4.69, 9.17) is 0 Å². The molecule has 0 saturated carbocycles. The molecule has 2 aromatic heterocycles. The number of hydrogen-bond acceptors (Lipinski definition) is 8. The summed E-state index contributed by atoms with van der Waals surface area (Å²) < 4.78 is 106. The van der Waals surface area contributed by atoms with Crippen molar-refractivity contribution in [3.05, 3.63) is 72.6 Å². The zero-order valence-corrected chi connectivity index (χ0v) is 19.9. The largest absolute Gasteiger partial charge is 0.573 e. The maximum absolute atomic E-state index is 13.2. The van der Waals surface area contributed by atoms with Gasteiger partial charge in [-0.05, 0) is 42.5 Å². The molecule has 200 valence electrons. The third-order valence-corrected chi connectivity index (χ3v) is 5.58. The van der Waals surface area contributed by atoms with Crippen molar-refractivity contribution >= 4 is 33.1 Å². The first-order valence-corrected chi connectivity index (χ1v) is 12.3. The number of hydrogen-bond donors (Lipinski definition) is 2. The Morgan fingerprint density at radius 3 is 2.16 bits per heavy atom. The van der Waals surface area contributed by atoms with Gasteiger partial charge in [-0.15, -0.1) is 13.2 Å².